The Morgan fingerprint density at radius 1 is 1.06 bits per heavy atom. The van der Waals surface area contributed by atoms with Crippen LogP contribution in [0.5, 0.6) is 0 Å². The van der Waals surface area contributed by atoms with Crippen LogP contribution in [0.2, 0.25) is 0 Å². The maximum atomic E-state index is 13.6. The van der Waals surface area contributed by atoms with E-state index >= 15 is 0 Å². The molecule has 0 saturated carbocycles. The van der Waals surface area contributed by atoms with Gasteiger partial charge in [-0.2, -0.15) is 0 Å². The fourth-order valence-electron chi connectivity index (χ4n) is 4.74. The van der Waals surface area contributed by atoms with Gasteiger partial charge in [0.1, 0.15) is 5.82 Å². The molecular formula is C25H30N6O2. The van der Waals surface area contributed by atoms with Crippen molar-refractivity contribution in [3.8, 4) is 0 Å². The summed E-state index contributed by atoms with van der Waals surface area (Å²) < 4.78 is 0. The van der Waals surface area contributed by atoms with Crippen molar-refractivity contribution in [3.05, 3.63) is 54.0 Å². The SMILES string of the molecule is CC1(O)CCN(c2cncc(N3C(=O)C(C)(C)c4ccc(C5(C)N=CC=CN5)cc43)n2)CC1. The van der Waals surface area contributed by atoms with Gasteiger partial charge in [0.25, 0.3) is 0 Å². The Morgan fingerprint density at radius 3 is 2.48 bits per heavy atom. The summed E-state index contributed by atoms with van der Waals surface area (Å²) in [5.41, 5.74) is 0.787. The third kappa shape index (κ3) is 3.58. The Kier molecular flexibility index (Phi) is 4.83. The van der Waals surface area contributed by atoms with E-state index < -0.39 is 16.7 Å². The van der Waals surface area contributed by atoms with Crippen LogP contribution in [0.4, 0.5) is 17.3 Å². The lowest BCUT2D eigenvalue weighted by molar-refractivity contribution is -0.121. The number of allylic oxidation sites excluding steroid dienone is 1. The molecule has 1 fully saturated rings. The van der Waals surface area contributed by atoms with E-state index in [1.165, 1.54) is 0 Å². The Bertz CT molecular complexity index is 1160. The highest BCUT2D eigenvalue weighted by Gasteiger charge is 2.46. The van der Waals surface area contributed by atoms with E-state index in [0.29, 0.717) is 37.6 Å². The normalized spacial score (nSPS) is 25.2. The van der Waals surface area contributed by atoms with Gasteiger partial charge in [0, 0.05) is 31.1 Å². The maximum Gasteiger partial charge on any atom is 0.242 e. The molecule has 4 heterocycles. The summed E-state index contributed by atoms with van der Waals surface area (Å²) in [7, 11) is 0. The van der Waals surface area contributed by atoms with E-state index in [-0.39, 0.29) is 5.91 Å². The van der Waals surface area contributed by atoms with Gasteiger partial charge in [0.2, 0.25) is 5.91 Å². The minimum Gasteiger partial charge on any atom is -0.390 e. The minimum absolute atomic E-state index is 0.0344. The first-order valence-corrected chi connectivity index (χ1v) is 11.4. The van der Waals surface area contributed by atoms with Crippen molar-refractivity contribution in [2.45, 2.75) is 57.2 Å². The van der Waals surface area contributed by atoms with Crippen molar-refractivity contribution >= 4 is 29.4 Å². The third-order valence-corrected chi connectivity index (χ3v) is 7.09. The number of carbonyl (C=O) groups is 1. The van der Waals surface area contributed by atoms with Crippen molar-refractivity contribution in [2.75, 3.05) is 22.9 Å². The Balaban J connectivity index is 1.54. The van der Waals surface area contributed by atoms with Crippen LogP contribution < -0.4 is 15.1 Å². The van der Waals surface area contributed by atoms with Crippen LogP contribution in [-0.2, 0) is 15.9 Å². The smallest absolute Gasteiger partial charge is 0.242 e. The van der Waals surface area contributed by atoms with E-state index in [0.717, 1.165) is 16.8 Å². The number of aliphatic hydroxyl groups is 1. The fraction of sp³-hybridized carbons (Fsp3) is 0.440. The first-order valence-electron chi connectivity index (χ1n) is 11.4. The maximum absolute atomic E-state index is 13.6. The lowest BCUT2D eigenvalue weighted by Gasteiger charge is -2.36. The van der Waals surface area contributed by atoms with Gasteiger partial charge in [-0.1, -0.05) is 12.1 Å². The molecule has 3 aliphatic rings. The number of aliphatic imine (C=N–C) groups is 1. The van der Waals surface area contributed by atoms with Gasteiger partial charge in [0.05, 0.1) is 29.1 Å². The molecule has 2 aromatic rings. The number of aromatic nitrogens is 2. The monoisotopic (exact) mass is 446 g/mol. The average Bonchev–Trinajstić information content (AvgIpc) is 2.99. The van der Waals surface area contributed by atoms with Gasteiger partial charge in [-0.3, -0.25) is 19.7 Å². The lowest BCUT2D eigenvalue weighted by Crippen LogP contribution is -2.43. The van der Waals surface area contributed by atoms with Crippen LogP contribution in [0, 0.1) is 0 Å². The van der Waals surface area contributed by atoms with Crippen molar-refractivity contribution in [1.29, 1.82) is 0 Å². The predicted octanol–water partition coefficient (Wildman–Crippen LogP) is 3.14. The highest BCUT2D eigenvalue weighted by Crippen LogP contribution is 2.46. The minimum atomic E-state index is -0.681. The number of carbonyl (C=O) groups excluding carboxylic acids is 1. The van der Waals surface area contributed by atoms with Crippen molar-refractivity contribution in [3.63, 3.8) is 0 Å². The van der Waals surface area contributed by atoms with Gasteiger partial charge in [0.15, 0.2) is 11.5 Å². The summed E-state index contributed by atoms with van der Waals surface area (Å²) in [6.07, 6.45) is 10.2. The molecule has 8 heteroatoms. The Labute approximate surface area is 194 Å². The second-order valence-electron chi connectivity index (χ2n) is 10.1. The van der Waals surface area contributed by atoms with E-state index in [2.05, 4.69) is 20.2 Å². The van der Waals surface area contributed by atoms with Gasteiger partial charge in [-0.25, -0.2) is 4.98 Å². The molecule has 1 aromatic carbocycles. The molecule has 33 heavy (non-hydrogen) atoms. The van der Waals surface area contributed by atoms with Crippen LogP contribution in [0.3, 0.4) is 0 Å². The van der Waals surface area contributed by atoms with Gasteiger partial charge >= 0.3 is 0 Å². The molecule has 0 aliphatic carbocycles. The molecule has 1 amide bonds. The number of nitrogens with one attached hydrogen (secondary N) is 1. The summed E-state index contributed by atoms with van der Waals surface area (Å²) in [4.78, 5) is 31.2. The largest absolute Gasteiger partial charge is 0.390 e. The standard InChI is InChI=1S/C25H30N6O2/c1-23(2)18-7-6-17(25(4)27-10-5-11-28-25)14-19(18)31(22(23)32)21-16-26-15-20(29-21)30-12-8-24(3,33)9-13-30/h5-7,10-11,14-16,27,33H,8-9,12-13H2,1-4H3. The van der Waals surface area contributed by atoms with Crippen LogP contribution in [0.25, 0.3) is 0 Å². The molecule has 3 aliphatic heterocycles. The molecule has 1 atom stereocenters. The molecule has 0 bridgehead atoms. The van der Waals surface area contributed by atoms with Crippen LogP contribution in [0.1, 0.15) is 51.7 Å². The van der Waals surface area contributed by atoms with Crippen molar-refractivity contribution in [2.24, 2.45) is 4.99 Å². The quantitative estimate of drug-likeness (QED) is 0.752. The van der Waals surface area contributed by atoms with Crippen molar-refractivity contribution < 1.29 is 9.90 Å². The van der Waals surface area contributed by atoms with Gasteiger partial charge in [-0.05, 0) is 58.2 Å². The summed E-state index contributed by atoms with van der Waals surface area (Å²) in [5.74, 6) is 1.19. The van der Waals surface area contributed by atoms with E-state index in [1.807, 2.05) is 58.2 Å². The van der Waals surface area contributed by atoms with E-state index in [9.17, 15) is 9.90 Å². The zero-order chi connectivity index (χ0) is 23.4. The molecule has 2 N–H and O–H groups in total. The fourth-order valence-corrected chi connectivity index (χ4v) is 4.74. The average molecular weight is 447 g/mol. The zero-order valence-electron chi connectivity index (χ0n) is 19.5. The molecule has 5 rings (SSSR count). The number of amides is 1. The van der Waals surface area contributed by atoms with Crippen molar-refractivity contribution in [1.82, 2.24) is 15.3 Å². The number of hydrogen-bond donors (Lipinski definition) is 2. The molecule has 1 unspecified atom stereocenters. The van der Waals surface area contributed by atoms with Gasteiger partial charge in [-0.15, -0.1) is 0 Å². The number of fused-ring (bicyclic) bond motifs is 1. The Morgan fingerprint density at radius 2 is 1.79 bits per heavy atom. The van der Waals surface area contributed by atoms with E-state index in [4.69, 9.17) is 4.98 Å². The summed E-state index contributed by atoms with van der Waals surface area (Å²) in [6, 6.07) is 6.08. The Hall–Kier alpha value is -3.26. The molecule has 8 nitrogen and oxygen atoms in total. The number of hydrogen-bond acceptors (Lipinski definition) is 7. The second kappa shape index (κ2) is 7.38. The molecular weight excluding hydrogens is 416 g/mol. The van der Waals surface area contributed by atoms with Gasteiger partial charge < -0.3 is 15.3 Å². The summed E-state index contributed by atoms with van der Waals surface area (Å²) in [5, 5.41) is 13.6. The van der Waals surface area contributed by atoms with Crippen LogP contribution in [-0.4, -0.2) is 45.9 Å². The van der Waals surface area contributed by atoms with Crippen LogP contribution >= 0.6 is 0 Å². The number of benzene rings is 1. The number of anilines is 3. The zero-order valence-corrected chi connectivity index (χ0v) is 19.5. The predicted molar refractivity (Wildman–Crippen MR) is 129 cm³/mol. The highest BCUT2D eigenvalue weighted by molar-refractivity contribution is 6.12. The second-order valence-corrected chi connectivity index (χ2v) is 10.1. The number of nitrogens with zero attached hydrogens (tertiary/aromatic N) is 5. The molecule has 1 saturated heterocycles. The highest BCUT2D eigenvalue weighted by atomic mass is 16.3. The lowest BCUT2D eigenvalue weighted by atomic mass is 9.85. The third-order valence-electron chi connectivity index (χ3n) is 7.09. The first kappa shape index (κ1) is 21.6. The number of piperidine rings is 1. The first-order chi connectivity index (χ1) is 15.6. The number of rotatable bonds is 3. The van der Waals surface area contributed by atoms with Crippen LogP contribution in [0.15, 0.2) is 47.9 Å². The van der Waals surface area contributed by atoms with E-state index in [1.54, 1.807) is 23.5 Å². The summed E-state index contributed by atoms with van der Waals surface area (Å²) in [6.45, 7) is 9.15. The summed E-state index contributed by atoms with van der Waals surface area (Å²) >= 11 is 0. The molecule has 0 radical (unpaired) electrons. The molecule has 1 aromatic heterocycles. The molecule has 0 spiro atoms. The molecule has 172 valence electrons. The topological polar surface area (TPSA) is 94.0 Å².